The van der Waals surface area contributed by atoms with E-state index in [4.69, 9.17) is 4.74 Å². The van der Waals surface area contributed by atoms with Gasteiger partial charge in [0.1, 0.15) is 0 Å². The van der Waals surface area contributed by atoms with Gasteiger partial charge in [-0.05, 0) is 26.7 Å². The standard InChI is InChI=1S/C15H20N4O2/c1-3-19-15-13(8-17-19)14(12(7-16-15)10(2)20)18-11-5-4-6-21-9-11/h7-8,11H,3-6,9H2,1-2H3,(H,16,18). The van der Waals surface area contributed by atoms with Crippen molar-refractivity contribution in [1.29, 1.82) is 0 Å². The first kappa shape index (κ1) is 14.0. The van der Waals surface area contributed by atoms with Crippen molar-refractivity contribution in [1.82, 2.24) is 14.8 Å². The van der Waals surface area contributed by atoms with E-state index in [1.807, 2.05) is 11.6 Å². The van der Waals surface area contributed by atoms with E-state index in [1.54, 1.807) is 19.3 Å². The zero-order valence-electron chi connectivity index (χ0n) is 12.4. The van der Waals surface area contributed by atoms with Crippen LogP contribution in [0.4, 0.5) is 5.69 Å². The third-order valence-electron chi connectivity index (χ3n) is 3.85. The van der Waals surface area contributed by atoms with Crippen molar-refractivity contribution < 1.29 is 9.53 Å². The zero-order valence-corrected chi connectivity index (χ0v) is 12.4. The number of carbonyl (C=O) groups excluding carboxylic acids is 1. The van der Waals surface area contributed by atoms with Gasteiger partial charge in [-0.25, -0.2) is 9.67 Å². The summed E-state index contributed by atoms with van der Waals surface area (Å²) in [6.45, 7) is 5.83. The fourth-order valence-corrected chi connectivity index (χ4v) is 2.74. The van der Waals surface area contributed by atoms with Gasteiger partial charge in [0, 0.05) is 25.4 Å². The van der Waals surface area contributed by atoms with Crippen LogP contribution in [0.25, 0.3) is 11.0 Å². The third-order valence-corrected chi connectivity index (χ3v) is 3.85. The molecule has 0 saturated carbocycles. The SMILES string of the molecule is CCn1ncc2c(NC3CCCOC3)c(C(C)=O)cnc21. The van der Waals surface area contributed by atoms with Crippen molar-refractivity contribution in [2.24, 2.45) is 0 Å². The molecule has 0 spiro atoms. The van der Waals surface area contributed by atoms with Gasteiger partial charge in [0.15, 0.2) is 11.4 Å². The Bertz CT molecular complexity index is 659. The highest BCUT2D eigenvalue weighted by Gasteiger charge is 2.20. The van der Waals surface area contributed by atoms with Crippen LogP contribution in [0, 0.1) is 0 Å². The summed E-state index contributed by atoms with van der Waals surface area (Å²) in [5.74, 6) is 0.00729. The number of nitrogens with one attached hydrogen (secondary N) is 1. The van der Waals surface area contributed by atoms with Gasteiger partial charge < -0.3 is 10.1 Å². The topological polar surface area (TPSA) is 69.0 Å². The average molecular weight is 288 g/mol. The van der Waals surface area contributed by atoms with Crippen LogP contribution in [0.5, 0.6) is 0 Å². The Kier molecular flexibility index (Phi) is 3.88. The van der Waals surface area contributed by atoms with E-state index in [0.29, 0.717) is 12.2 Å². The minimum atomic E-state index is 0.00729. The van der Waals surface area contributed by atoms with E-state index in [1.165, 1.54) is 0 Å². The van der Waals surface area contributed by atoms with Crippen LogP contribution in [0.2, 0.25) is 0 Å². The number of ether oxygens (including phenoxy) is 1. The second-order valence-corrected chi connectivity index (χ2v) is 5.36. The molecule has 2 aromatic heterocycles. The molecule has 1 fully saturated rings. The van der Waals surface area contributed by atoms with E-state index in [2.05, 4.69) is 15.4 Å². The van der Waals surface area contributed by atoms with Gasteiger partial charge in [-0.3, -0.25) is 4.79 Å². The van der Waals surface area contributed by atoms with E-state index >= 15 is 0 Å². The number of anilines is 1. The normalized spacial score (nSPS) is 18.9. The lowest BCUT2D eigenvalue weighted by Gasteiger charge is -2.25. The number of Topliss-reactive ketones (excluding diaryl/α,β-unsaturated/α-hetero) is 1. The van der Waals surface area contributed by atoms with Gasteiger partial charge in [-0.15, -0.1) is 0 Å². The number of nitrogens with zero attached hydrogens (tertiary/aromatic N) is 3. The summed E-state index contributed by atoms with van der Waals surface area (Å²) < 4.78 is 7.34. The summed E-state index contributed by atoms with van der Waals surface area (Å²) in [7, 11) is 0. The maximum absolute atomic E-state index is 11.9. The van der Waals surface area contributed by atoms with Crippen molar-refractivity contribution in [2.75, 3.05) is 18.5 Å². The number of carbonyl (C=O) groups is 1. The van der Waals surface area contributed by atoms with E-state index in [9.17, 15) is 4.79 Å². The van der Waals surface area contributed by atoms with Crippen molar-refractivity contribution in [3.63, 3.8) is 0 Å². The lowest BCUT2D eigenvalue weighted by Crippen LogP contribution is -2.30. The number of hydrogen-bond acceptors (Lipinski definition) is 5. The Balaban J connectivity index is 2.05. The number of pyridine rings is 1. The van der Waals surface area contributed by atoms with Gasteiger partial charge in [-0.2, -0.15) is 5.10 Å². The van der Waals surface area contributed by atoms with Crippen molar-refractivity contribution in [3.8, 4) is 0 Å². The fourth-order valence-electron chi connectivity index (χ4n) is 2.74. The van der Waals surface area contributed by atoms with Gasteiger partial charge in [-0.1, -0.05) is 0 Å². The lowest BCUT2D eigenvalue weighted by molar-refractivity contribution is 0.0875. The molecule has 0 aliphatic carbocycles. The summed E-state index contributed by atoms with van der Waals surface area (Å²) >= 11 is 0. The predicted molar refractivity (Wildman–Crippen MR) is 80.7 cm³/mol. The molecule has 1 saturated heterocycles. The molecule has 0 bridgehead atoms. The summed E-state index contributed by atoms with van der Waals surface area (Å²) in [5.41, 5.74) is 2.26. The van der Waals surface area contributed by atoms with Crippen LogP contribution in [0.3, 0.4) is 0 Å². The van der Waals surface area contributed by atoms with Crippen molar-refractivity contribution in [2.45, 2.75) is 39.3 Å². The number of hydrogen-bond donors (Lipinski definition) is 1. The maximum Gasteiger partial charge on any atom is 0.163 e. The van der Waals surface area contributed by atoms with Crippen molar-refractivity contribution in [3.05, 3.63) is 18.0 Å². The molecular formula is C15H20N4O2. The van der Waals surface area contributed by atoms with Crippen LogP contribution in [-0.4, -0.2) is 39.8 Å². The molecule has 21 heavy (non-hydrogen) atoms. The zero-order chi connectivity index (χ0) is 14.8. The quantitative estimate of drug-likeness (QED) is 0.874. The maximum atomic E-state index is 11.9. The van der Waals surface area contributed by atoms with E-state index in [0.717, 1.165) is 42.7 Å². The molecule has 3 rings (SSSR count). The Morgan fingerprint density at radius 2 is 2.38 bits per heavy atom. The lowest BCUT2D eigenvalue weighted by atomic mass is 10.1. The first-order valence-electron chi connectivity index (χ1n) is 7.40. The molecule has 112 valence electrons. The molecule has 1 N–H and O–H groups in total. The molecule has 0 radical (unpaired) electrons. The molecule has 0 amide bonds. The second kappa shape index (κ2) is 5.81. The first-order valence-corrected chi connectivity index (χ1v) is 7.40. The first-order chi connectivity index (χ1) is 10.2. The third kappa shape index (κ3) is 2.63. The molecule has 6 heteroatoms. The Labute approximate surface area is 123 Å². The summed E-state index contributed by atoms with van der Waals surface area (Å²) in [6, 6.07) is 0.229. The van der Waals surface area contributed by atoms with Crippen LogP contribution in [0.1, 0.15) is 37.0 Å². The molecule has 1 aliphatic heterocycles. The molecule has 1 atom stereocenters. The Morgan fingerprint density at radius 3 is 3.05 bits per heavy atom. The van der Waals surface area contributed by atoms with Crippen LogP contribution in [0.15, 0.2) is 12.4 Å². The summed E-state index contributed by atoms with van der Waals surface area (Å²) in [5, 5.41) is 8.71. The monoisotopic (exact) mass is 288 g/mol. The predicted octanol–water partition coefficient (Wildman–Crippen LogP) is 2.24. The number of fused-ring (bicyclic) bond motifs is 1. The Hall–Kier alpha value is -1.95. The minimum absolute atomic E-state index is 0.00729. The van der Waals surface area contributed by atoms with E-state index < -0.39 is 0 Å². The largest absolute Gasteiger partial charge is 0.379 e. The summed E-state index contributed by atoms with van der Waals surface area (Å²) in [6.07, 6.45) is 5.51. The minimum Gasteiger partial charge on any atom is -0.379 e. The van der Waals surface area contributed by atoms with Gasteiger partial charge in [0.25, 0.3) is 0 Å². The van der Waals surface area contributed by atoms with Gasteiger partial charge in [0.2, 0.25) is 0 Å². The molecular weight excluding hydrogens is 268 g/mol. The number of aromatic nitrogens is 3. The van der Waals surface area contributed by atoms with Crippen LogP contribution < -0.4 is 5.32 Å². The number of aryl methyl sites for hydroxylation is 1. The second-order valence-electron chi connectivity index (χ2n) is 5.36. The molecule has 6 nitrogen and oxygen atoms in total. The smallest absolute Gasteiger partial charge is 0.163 e. The number of rotatable bonds is 4. The molecule has 1 unspecified atom stereocenters. The van der Waals surface area contributed by atoms with E-state index in [-0.39, 0.29) is 11.8 Å². The highest BCUT2D eigenvalue weighted by atomic mass is 16.5. The van der Waals surface area contributed by atoms with Gasteiger partial charge in [0.05, 0.1) is 29.4 Å². The highest BCUT2D eigenvalue weighted by molar-refractivity contribution is 6.06. The molecule has 1 aliphatic rings. The fraction of sp³-hybridized carbons (Fsp3) is 0.533. The van der Waals surface area contributed by atoms with Crippen molar-refractivity contribution >= 4 is 22.5 Å². The van der Waals surface area contributed by atoms with Crippen LogP contribution >= 0.6 is 0 Å². The average Bonchev–Trinajstić information content (AvgIpc) is 2.92. The highest BCUT2D eigenvalue weighted by Crippen LogP contribution is 2.28. The van der Waals surface area contributed by atoms with Gasteiger partial charge >= 0.3 is 0 Å². The number of ketones is 1. The molecule has 0 aromatic carbocycles. The summed E-state index contributed by atoms with van der Waals surface area (Å²) in [4.78, 5) is 16.3. The molecule has 3 heterocycles. The van der Waals surface area contributed by atoms with Crippen LogP contribution in [-0.2, 0) is 11.3 Å². The Morgan fingerprint density at radius 1 is 1.52 bits per heavy atom. The molecule has 2 aromatic rings.